The van der Waals surface area contributed by atoms with Crippen LogP contribution in [0.25, 0.3) is 0 Å². The zero-order chi connectivity index (χ0) is 14.8. The summed E-state index contributed by atoms with van der Waals surface area (Å²) < 4.78 is 0. The Hall–Kier alpha value is -1.51. The molecule has 0 aliphatic heterocycles. The van der Waals surface area contributed by atoms with Gasteiger partial charge in [-0.2, -0.15) is 0 Å². The maximum Gasteiger partial charge on any atom is 0.221 e. The molecular weight excluding hydrogens is 238 g/mol. The predicted octanol–water partition coefficient (Wildman–Crippen LogP) is 4.06. The molecular formula is C16H25NO2. The first-order chi connectivity index (χ1) is 8.51. The minimum atomic E-state index is -0.180. The summed E-state index contributed by atoms with van der Waals surface area (Å²) in [6.07, 6.45) is 1.02. The van der Waals surface area contributed by atoms with Gasteiger partial charge in [0, 0.05) is 6.92 Å². The second kappa shape index (κ2) is 5.24. The fraction of sp³-hybridized carbons (Fsp3) is 0.562. The predicted molar refractivity (Wildman–Crippen MR) is 79.5 cm³/mol. The van der Waals surface area contributed by atoms with E-state index in [1.807, 2.05) is 12.1 Å². The quantitative estimate of drug-likeness (QED) is 0.808. The van der Waals surface area contributed by atoms with Crippen LogP contribution in [0.5, 0.6) is 5.75 Å². The zero-order valence-corrected chi connectivity index (χ0v) is 12.8. The van der Waals surface area contributed by atoms with Crippen LogP contribution in [0, 0.1) is 5.41 Å². The number of phenolic OH excluding ortho intramolecular Hbond substituents is 1. The van der Waals surface area contributed by atoms with Gasteiger partial charge in [-0.3, -0.25) is 4.79 Å². The number of phenols is 1. The Balaban J connectivity index is 3.10. The van der Waals surface area contributed by atoms with E-state index in [1.54, 1.807) is 6.07 Å². The highest BCUT2D eigenvalue weighted by atomic mass is 16.3. The summed E-state index contributed by atoms with van der Waals surface area (Å²) in [6, 6.07) is 5.43. The average Bonchev–Trinajstić information content (AvgIpc) is 2.16. The molecule has 0 spiro atoms. The Labute approximate surface area is 116 Å². The lowest BCUT2D eigenvalue weighted by Crippen LogP contribution is -2.25. The number of amides is 1. The first-order valence-corrected chi connectivity index (χ1v) is 6.62. The second-order valence-electron chi connectivity index (χ2n) is 7.03. The number of aromatic hydroxyl groups is 1. The summed E-state index contributed by atoms with van der Waals surface area (Å²) in [5.74, 6) is -0.0772. The van der Waals surface area contributed by atoms with Crippen molar-refractivity contribution in [3.8, 4) is 5.75 Å². The molecule has 0 bridgehead atoms. The molecule has 3 heteroatoms. The lowest BCUT2D eigenvalue weighted by atomic mass is 9.72. The summed E-state index contributed by atoms with van der Waals surface area (Å²) in [5, 5.41) is 12.4. The van der Waals surface area contributed by atoms with Crippen molar-refractivity contribution in [2.45, 2.75) is 53.4 Å². The molecule has 106 valence electrons. The van der Waals surface area contributed by atoms with Crippen molar-refractivity contribution < 1.29 is 9.90 Å². The topological polar surface area (TPSA) is 49.3 Å². The van der Waals surface area contributed by atoms with E-state index in [4.69, 9.17) is 0 Å². The summed E-state index contributed by atoms with van der Waals surface area (Å²) in [7, 11) is 0. The van der Waals surface area contributed by atoms with Crippen LogP contribution in [-0.2, 0) is 10.2 Å². The smallest absolute Gasteiger partial charge is 0.221 e. The van der Waals surface area contributed by atoms with Crippen LogP contribution < -0.4 is 5.32 Å². The highest BCUT2D eigenvalue weighted by molar-refractivity contribution is 5.90. The molecule has 0 saturated heterocycles. The molecule has 1 rings (SSSR count). The molecule has 0 heterocycles. The Bertz CT molecular complexity index is 470. The average molecular weight is 263 g/mol. The summed E-state index contributed by atoms with van der Waals surface area (Å²) >= 11 is 0. The summed E-state index contributed by atoms with van der Waals surface area (Å²) in [4.78, 5) is 11.1. The molecule has 1 aromatic rings. The Morgan fingerprint density at radius 3 is 2.26 bits per heavy atom. The minimum absolute atomic E-state index is 0.0147. The van der Waals surface area contributed by atoms with Gasteiger partial charge >= 0.3 is 0 Å². The molecule has 0 unspecified atom stereocenters. The number of hydrogen-bond donors (Lipinski definition) is 2. The fourth-order valence-electron chi connectivity index (χ4n) is 2.67. The molecule has 1 aromatic carbocycles. The molecule has 0 atom stereocenters. The fourth-order valence-corrected chi connectivity index (χ4v) is 2.67. The van der Waals surface area contributed by atoms with Crippen molar-refractivity contribution in [2.24, 2.45) is 5.41 Å². The van der Waals surface area contributed by atoms with Crippen molar-refractivity contribution in [1.82, 2.24) is 0 Å². The Morgan fingerprint density at radius 2 is 1.79 bits per heavy atom. The monoisotopic (exact) mass is 263 g/mol. The lowest BCUT2D eigenvalue weighted by Gasteiger charge is -2.33. The van der Waals surface area contributed by atoms with Gasteiger partial charge in [-0.05, 0) is 34.9 Å². The van der Waals surface area contributed by atoms with Crippen LogP contribution in [0.15, 0.2) is 18.2 Å². The molecule has 0 radical (unpaired) electrons. The summed E-state index contributed by atoms with van der Waals surface area (Å²) in [5.41, 5.74) is 1.80. The molecule has 1 amide bonds. The summed E-state index contributed by atoms with van der Waals surface area (Å²) in [6.45, 7) is 12.4. The van der Waals surface area contributed by atoms with E-state index in [9.17, 15) is 9.90 Å². The highest BCUT2D eigenvalue weighted by Crippen LogP contribution is 2.38. The van der Waals surface area contributed by atoms with Gasteiger partial charge in [-0.15, -0.1) is 0 Å². The number of carbonyl (C=O) groups excluding carboxylic acids is 1. The van der Waals surface area contributed by atoms with Crippen LogP contribution in [0.2, 0.25) is 0 Å². The van der Waals surface area contributed by atoms with E-state index in [2.05, 4.69) is 39.9 Å². The van der Waals surface area contributed by atoms with Gasteiger partial charge in [-0.25, -0.2) is 0 Å². The van der Waals surface area contributed by atoms with Gasteiger partial charge < -0.3 is 10.4 Å². The molecule has 0 aromatic heterocycles. The van der Waals surface area contributed by atoms with E-state index < -0.39 is 0 Å². The number of rotatable bonds is 3. The van der Waals surface area contributed by atoms with Crippen molar-refractivity contribution in [2.75, 3.05) is 5.32 Å². The van der Waals surface area contributed by atoms with Crippen molar-refractivity contribution in [1.29, 1.82) is 0 Å². The third-order valence-electron chi connectivity index (χ3n) is 3.06. The molecule has 0 aliphatic rings. The number of benzene rings is 1. The largest absolute Gasteiger partial charge is 0.506 e. The molecule has 3 nitrogen and oxygen atoms in total. The van der Waals surface area contributed by atoms with E-state index in [0.29, 0.717) is 5.69 Å². The van der Waals surface area contributed by atoms with Crippen molar-refractivity contribution in [3.63, 3.8) is 0 Å². The number of carbonyl (C=O) groups is 1. The van der Waals surface area contributed by atoms with E-state index in [-0.39, 0.29) is 22.5 Å². The third-order valence-corrected chi connectivity index (χ3v) is 3.06. The van der Waals surface area contributed by atoms with Crippen molar-refractivity contribution in [3.05, 3.63) is 23.8 Å². The minimum Gasteiger partial charge on any atom is -0.506 e. The number of hydrogen-bond acceptors (Lipinski definition) is 2. The van der Waals surface area contributed by atoms with Gasteiger partial charge in [0.25, 0.3) is 0 Å². The first kappa shape index (κ1) is 15.5. The normalized spacial score (nSPS) is 12.3. The maximum absolute atomic E-state index is 11.1. The van der Waals surface area contributed by atoms with Gasteiger partial charge in [-0.1, -0.05) is 40.7 Å². The number of nitrogens with one attached hydrogen (secondary N) is 1. The molecule has 0 fully saturated rings. The molecule has 0 saturated carbocycles. The highest BCUT2D eigenvalue weighted by Gasteiger charge is 2.27. The second-order valence-corrected chi connectivity index (χ2v) is 7.03. The SMILES string of the molecule is CC(=O)Nc1cc(C(C)(C)CC(C)(C)C)ccc1O. The standard InChI is InChI=1S/C16H25NO2/c1-11(18)17-13-9-12(7-8-14(13)19)16(5,6)10-15(2,3)4/h7-9,19H,10H2,1-6H3,(H,17,18). The third kappa shape index (κ3) is 4.58. The molecule has 2 N–H and O–H groups in total. The first-order valence-electron chi connectivity index (χ1n) is 6.62. The van der Waals surface area contributed by atoms with Crippen LogP contribution >= 0.6 is 0 Å². The Kier molecular flexibility index (Phi) is 4.28. The maximum atomic E-state index is 11.1. The molecule has 19 heavy (non-hydrogen) atoms. The lowest BCUT2D eigenvalue weighted by molar-refractivity contribution is -0.114. The number of anilines is 1. The van der Waals surface area contributed by atoms with Gasteiger partial charge in [0.2, 0.25) is 5.91 Å². The Morgan fingerprint density at radius 1 is 1.21 bits per heavy atom. The van der Waals surface area contributed by atoms with Gasteiger partial charge in [0.05, 0.1) is 5.69 Å². The van der Waals surface area contributed by atoms with E-state index in [1.165, 1.54) is 6.92 Å². The molecule has 0 aliphatic carbocycles. The van der Waals surface area contributed by atoms with Crippen LogP contribution in [0.3, 0.4) is 0 Å². The zero-order valence-electron chi connectivity index (χ0n) is 12.8. The van der Waals surface area contributed by atoms with Crippen LogP contribution in [0.4, 0.5) is 5.69 Å². The van der Waals surface area contributed by atoms with Crippen LogP contribution in [0.1, 0.15) is 53.5 Å². The van der Waals surface area contributed by atoms with Crippen LogP contribution in [-0.4, -0.2) is 11.0 Å². The van der Waals surface area contributed by atoms with Gasteiger partial charge in [0.15, 0.2) is 0 Å². The van der Waals surface area contributed by atoms with E-state index >= 15 is 0 Å². The van der Waals surface area contributed by atoms with Crippen molar-refractivity contribution >= 4 is 11.6 Å². The van der Waals surface area contributed by atoms with E-state index in [0.717, 1.165) is 12.0 Å². The van der Waals surface area contributed by atoms with Gasteiger partial charge in [0.1, 0.15) is 5.75 Å².